The summed E-state index contributed by atoms with van der Waals surface area (Å²) < 4.78 is 2.94. The smallest absolute Gasteiger partial charge is 0.115 e. The Labute approximate surface area is 114 Å². The monoisotopic (exact) mass is 268 g/mol. The van der Waals surface area contributed by atoms with Gasteiger partial charge in [0.05, 0.1) is 0 Å². The Morgan fingerprint density at radius 3 is 2.28 bits per heavy atom. The Morgan fingerprint density at radius 1 is 1.22 bits per heavy atom. The number of phenolic OH excluding ortho intramolecular Hbond substituents is 1. The largest absolute Gasteiger partial charge is 0.508 e. The van der Waals surface area contributed by atoms with Crippen molar-refractivity contribution in [2.45, 2.75) is 37.0 Å². The van der Waals surface area contributed by atoms with E-state index in [1.165, 1.54) is 44.1 Å². The zero-order valence-corrected chi connectivity index (χ0v) is 11.9. The van der Waals surface area contributed by atoms with E-state index in [9.17, 15) is 0 Å². The molecule has 1 fully saturated rings. The maximum absolute atomic E-state index is 8.90. The van der Waals surface area contributed by atoms with Gasteiger partial charge in [-0.2, -0.15) is 0 Å². The maximum Gasteiger partial charge on any atom is 0.115 e. The number of phenols is 1. The summed E-state index contributed by atoms with van der Waals surface area (Å²) in [6, 6.07) is 7.05. The molecule has 0 heterocycles. The maximum atomic E-state index is 8.90. The molecule has 4 heteroatoms. The molecule has 0 bridgehead atoms. The van der Waals surface area contributed by atoms with E-state index in [0.29, 0.717) is 5.75 Å². The molecule has 18 heavy (non-hydrogen) atoms. The van der Waals surface area contributed by atoms with Crippen LogP contribution in [0, 0.1) is 5.92 Å². The molecule has 1 aliphatic carbocycles. The normalized spacial score (nSPS) is 15.9. The van der Waals surface area contributed by atoms with Crippen LogP contribution in [0.4, 0.5) is 0 Å². The summed E-state index contributed by atoms with van der Waals surface area (Å²) >= 11 is 1.52. The van der Waals surface area contributed by atoms with Gasteiger partial charge in [-0.1, -0.05) is 19.3 Å². The molecule has 0 unspecified atom stereocenters. The molecule has 0 amide bonds. The molecule has 102 valence electrons. The topological polar surface area (TPSA) is 58.3 Å². The number of rotatable bonds is 3. The van der Waals surface area contributed by atoms with Gasteiger partial charge in [0.15, 0.2) is 0 Å². The van der Waals surface area contributed by atoms with Crippen LogP contribution in [0.5, 0.6) is 5.75 Å². The number of hydrogen-bond acceptors (Lipinski definition) is 4. The SMILES string of the molecule is CNSc1ccc(O)cc1.NCC1CCCCC1. The minimum Gasteiger partial charge on any atom is -0.508 e. The molecule has 1 aromatic rings. The first-order valence-electron chi connectivity index (χ1n) is 6.59. The first-order valence-corrected chi connectivity index (χ1v) is 7.40. The van der Waals surface area contributed by atoms with Gasteiger partial charge in [-0.25, -0.2) is 0 Å². The summed E-state index contributed by atoms with van der Waals surface area (Å²) in [6.45, 7) is 0.917. The summed E-state index contributed by atoms with van der Waals surface area (Å²) in [5.74, 6) is 1.17. The lowest BCUT2D eigenvalue weighted by Gasteiger charge is -2.18. The fourth-order valence-corrected chi connectivity index (χ4v) is 2.56. The van der Waals surface area contributed by atoms with Crippen molar-refractivity contribution in [3.8, 4) is 5.75 Å². The molecule has 0 saturated heterocycles. The molecule has 0 aliphatic heterocycles. The summed E-state index contributed by atoms with van der Waals surface area (Å²) in [7, 11) is 1.86. The number of benzene rings is 1. The molecule has 0 radical (unpaired) electrons. The Hall–Kier alpha value is -0.710. The van der Waals surface area contributed by atoms with E-state index in [1.807, 2.05) is 19.2 Å². The van der Waals surface area contributed by atoms with Crippen molar-refractivity contribution in [1.29, 1.82) is 0 Å². The second kappa shape index (κ2) is 9.25. The van der Waals surface area contributed by atoms with Gasteiger partial charge in [-0.15, -0.1) is 0 Å². The Kier molecular flexibility index (Phi) is 7.89. The van der Waals surface area contributed by atoms with Crippen LogP contribution in [-0.2, 0) is 0 Å². The van der Waals surface area contributed by atoms with Crippen molar-refractivity contribution >= 4 is 11.9 Å². The second-order valence-corrected chi connectivity index (χ2v) is 5.62. The standard InChI is InChI=1S/C7H9NOS.C7H15N/c1-8-10-7-4-2-6(9)3-5-7;8-6-7-4-2-1-3-5-7/h2-5,8-9H,1H3;7H,1-6,8H2. The quantitative estimate of drug-likeness (QED) is 0.737. The molecule has 0 atom stereocenters. The minimum atomic E-state index is 0.306. The lowest BCUT2D eigenvalue weighted by atomic mass is 9.90. The molecule has 1 aliphatic rings. The van der Waals surface area contributed by atoms with Crippen molar-refractivity contribution in [2.75, 3.05) is 13.6 Å². The highest BCUT2D eigenvalue weighted by Gasteiger charge is 2.09. The van der Waals surface area contributed by atoms with Crippen LogP contribution in [0.1, 0.15) is 32.1 Å². The van der Waals surface area contributed by atoms with Crippen LogP contribution in [-0.4, -0.2) is 18.7 Å². The summed E-state index contributed by atoms with van der Waals surface area (Å²) in [6.07, 6.45) is 7.05. The Balaban J connectivity index is 0.000000184. The fraction of sp³-hybridized carbons (Fsp3) is 0.571. The zero-order valence-electron chi connectivity index (χ0n) is 11.1. The number of nitrogens with two attached hydrogens (primary N) is 1. The van der Waals surface area contributed by atoms with Gasteiger partial charge in [-0.05, 0) is 68.6 Å². The van der Waals surface area contributed by atoms with Gasteiger partial charge in [0, 0.05) is 4.90 Å². The zero-order chi connectivity index (χ0) is 13.2. The highest BCUT2D eigenvalue weighted by Crippen LogP contribution is 2.21. The van der Waals surface area contributed by atoms with Crippen LogP contribution in [0.2, 0.25) is 0 Å². The number of hydrogen-bond donors (Lipinski definition) is 3. The third-order valence-electron chi connectivity index (χ3n) is 3.11. The molecule has 1 saturated carbocycles. The molecule has 0 aromatic heterocycles. The summed E-state index contributed by atoms with van der Waals surface area (Å²) in [4.78, 5) is 1.10. The number of aromatic hydroxyl groups is 1. The number of nitrogens with one attached hydrogen (secondary N) is 1. The lowest BCUT2D eigenvalue weighted by Crippen LogP contribution is -2.16. The van der Waals surface area contributed by atoms with Crippen LogP contribution < -0.4 is 10.5 Å². The molecule has 0 spiro atoms. The van der Waals surface area contributed by atoms with Crippen molar-refractivity contribution in [3.05, 3.63) is 24.3 Å². The van der Waals surface area contributed by atoms with Gasteiger partial charge in [0.2, 0.25) is 0 Å². The van der Waals surface area contributed by atoms with E-state index in [4.69, 9.17) is 10.8 Å². The van der Waals surface area contributed by atoms with Crippen molar-refractivity contribution < 1.29 is 5.11 Å². The minimum absolute atomic E-state index is 0.306. The molecular formula is C14H24N2OS. The second-order valence-electron chi connectivity index (χ2n) is 4.54. The lowest BCUT2D eigenvalue weighted by molar-refractivity contribution is 0.366. The molecule has 4 N–H and O–H groups in total. The van der Waals surface area contributed by atoms with Crippen molar-refractivity contribution in [2.24, 2.45) is 11.7 Å². The predicted molar refractivity (Wildman–Crippen MR) is 78.7 cm³/mol. The van der Waals surface area contributed by atoms with Crippen LogP contribution in [0.3, 0.4) is 0 Å². The van der Waals surface area contributed by atoms with E-state index >= 15 is 0 Å². The van der Waals surface area contributed by atoms with Crippen molar-refractivity contribution in [1.82, 2.24) is 4.72 Å². The van der Waals surface area contributed by atoms with Gasteiger partial charge >= 0.3 is 0 Å². The van der Waals surface area contributed by atoms with E-state index < -0.39 is 0 Å². The molecule has 1 aromatic carbocycles. The highest BCUT2D eigenvalue weighted by molar-refractivity contribution is 7.97. The van der Waals surface area contributed by atoms with E-state index in [1.54, 1.807) is 12.1 Å². The van der Waals surface area contributed by atoms with Crippen LogP contribution in [0.25, 0.3) is 0 Å². The van der Waals surface area contributed by atoms with Gasteiger partial charge in [-0.3, -0.25) is 4.72 Å². The third kappa shape index (κ3) is 6.28. The van der Waals surface area contributed by atoms with E-state index in [-0.39, 0.29) is 0 Å². The Morgan fingerprint density at radius 2 is 1.83 bits per heavy atom. The van der Waals surface area contributed by atoms with E-state index in [2.05, 4.69) is 4.72 Å². The average Bonchev–Trinajstić information content (AvgIpc) is 2.43. The third-order valence-corrected chi connectivity index (χ3v) is 3.83. The summed E-state index contributed by atoms with van der Waals surface area (Å²) in [5, 5.41) is 8.90. The molecule has 3 nitrogen and oxygen atoms in total. The van der Waals surface area contributed by atoms with Gasteiger partial charge < -0.3 is 10.8 Å². The first kappa shape index (κ1) is 15.3. The van der Waals surface area contributed by atoms with Gasteiger partial charge in [0.25, 0.3) is 0 Å². The van der Waals surface area contributed by atoms with Crippen molar-refractivity contribution in [3.63, 3.8) is 0 Å². The Bertz CT molecular complexity index is 310. The van der Waals surface area contributed by atoms with E-state index in [0.717, 1.165) is 17.4 Å². The van der Waals surface area contributed by atoms with Gasteiger partial charge in [0.1, 0.15) is 5.75 Å². The highest BCUT2D eigenvalue weighted by atomic mass is 32.2. The average molecular weight is 268 g/mol. The molecular weight excluding hydrogens is 244 g/mol. The van der Waals surface area contributed by atoms with Crippen LogP contribution >= 0.6 is 11.9 Å². The predicted octanol–water partition coefficient (Wildman–Crippen LogP) is 3.14. The fourth-order valence-electron chi connectivity index (χ4n) is 2.05. The summed E-state index contributed by atoms with van der Waals surface area (Å²) in [5.41, 5.74) is 5.50. The molecule has 2 rings (SSSR count). The first-order chi connectivity index (χ1) is 8.76. The van der Waals surface area contributed by atoms with Crippen LogP contribution in [0.15, 0.2) is 29.2 Å².